The third-order valence-electron chi connectivity index (χ3n) is 5.15. The third kappa shape index (κ3) is 7.98. The SMILES string of the molecule is CC[C@H](C)NC(=O)[C@H](CC)N(Cc1ccc(F)cc1)C(=O)CSCc1ccc(Cl)cc1Cl. The van der Waals surface area contributed by atoms with Crippen molar-refractivity contribution in [2.24, 2.45) is 0 Å². The Morgan fingerprint density at radius 3 is 2.38 bits per heavy atom. The molecule has 0 fully saturated rings. The Labute approximate surface area is 203 Å². The molecule has 0 aliphatic rings. The number of thioether (sulfide) groups is 1. The summed E-state index contributed by atoms with van der Waals surface area (Å²) in [5, 5.41) is 4.09. The Balaban J connectivity index is 2.14. The van der Waals surface area contributed by atoms with Crippen molar-refractivity contribution in [2.75, 3.05) is 5.75 Å². The van der Waals surface area contributed by atoms with Crippen molar-refractivity contribution in [1.82, 2.24) is 10.2 Å². The highest BCUT2D eigenvalue weighted by molar-refractivity contribution is 7.99. The molecule has 0 spiro atoms. The standard InChI is InChI=1S/C24H29Cl2FN2O2S/c1-4-16(3)28-24(31)22(5-2)29(13-17-6-10-20(27)11-7-17)23(30)15-32-14-18-8-9-19(25)12-21(18)26/h6-12,16,22H,4-5,13-15H2,1-3H3,(H,28,31)/t16-,22-/m0/s1. The molecule has 0 saturated carbocycles. The molecule has 0 aliphatic heterocycles. The van der Waals surface area contributed by atoms with Gasteiger partial charge < -0.3 is 10.2 Å². The lowest BCUT2D eigenvalue weighted by atomic mass is 10.1. The van der Waals surface area contributed by atoms with Gasteiger partial charge in [0.2, 0.25) is 11.8 Å². The van der Waals surface area contributed by atoms with Crippen LogP contribution in [-0.2, 0) is 21.9 Å². The molecule has 174 valence electrons. The molecule has 32 heavy (non-hydrogen) atoms. The van der Waals surface area contributed by atoms with Crippen LogP contribution >= 0.6 is 35.0 Å². The van der Waals surface area contributed by atoms with Crippen LogP contribution in [0.1, 0.15) is 44.7 Å². The highest BCUT2D eigenvalue weighted by Crippen LogP contribution is 2.25. The lowest BCUT2D eigenvalue weighted by Gasteiger charge is -2.31. The van der Waals surface area contributed by atoms with E-state index in [4.69, 9.17) is 23.2 Å². The van der Waals surface area contributed by atoms with Gasteiger partial charge in [0.05, 0.1) is 5.75 Å². The molecule has 0 heterocycles. The average molecular weight is 499 g/mol. The minimum Gasteiger partial charge on any atom is -0.352 e. The molecule has 2 rings (SSSR count). The number of nitrogens with zero attached hydrogens (tertiary/aromatic N) is 1. The van der Waals surface area contributed by atoms with E-state index < -0.39 is 6.04 Å². The Morgan fingerprint density at radius 2 is 1.78 bits per heavy atom. The van der Waals surface area contributed by atoms with E-state index in [1.54, 1.807) is 29.2 Å². The minimum absolute atomic E-state index is 0.0146. The summed E-state index contributed by atoms with van der Waals surface area (Å²) < 4.78 is 13.3. The summed E-state index contributed by atoms with van der Waals surface area (Å²) in [6.07, 6.45) is 1.27. The Hall–Kier alpha value is -1.76. The monoisotopic (exact) mass is 498 g/mol. The topological polar surface area (TPSA) is 49.4 Å². The molecule has 0 saturated heterocycles. The van der Waals surface area contributed by atoms with Crippen molar-refractivity contribution < 1.29 is 14.0 Å². The maximum Gasteiger partial charge on any atom is 0.243 e. The van der Waals surface area contributed by atoms with E-state index in [1.165, 1.54) is 23.9 Å². The summed E-state index contributed by atoms with van der Waals surface area (Å²) in [6, 6.07) is 10.7. The summed E-state index contributed by atoms with van der Waals surface area (Å²) in [5.41, 5.74) is 1.65. The van der Waals surface area contributed by atoms with Gasteiger partial charge in [-0.05, 0) is 55.2 Å². The first-order valence-corrected chi connectivity index (χ1v) is 12.5. The second-order valence-electron chi connectivity index (χ2n) is 7.62. The first-order valence-electron chi connectivity index (χ1n) is 10.6. The molecule has 0 aliphatic carbocycles. The molecular weight excluding hydrogens is 470 g/mol. The number of rotatable bonds is 11. The first kappa shape index (κ1) is 26.5. The molecule has 2 atom stereocenters. The van der Waals surface area contributed by atoms with Gasteiger partial charge in [-0.2, -0.15) is 0 Å². The van der Waals surface area contributed by atoms with Crippen LogP contribution in [0, 0.1) is 5.82 Å². The van der Waals surface area contributed by atoms with Gasteiger partial charge in [-0.15, -0.1) is 11.8 Å². The van der Waals surface area contributed by atoms with Gasteiger partial charge in [0.15, 0.2) is 0 Å². The van der Waals surface area contributed by atoms with Crippen LogP contribution in [0.3, 0.4) is 0 Å². The fourth-order valence-electron chi connectivity index (χ4n) is 3.12. The number of carbonyl (C=O) groups excluding carboxylic acids is 2. The molecule has 0 bridgehead atoms. The molecule has 1 N–H and O–H groups in total. The van der Waals surface area contributed by atoms with Crippen LogP contribution in [-0.4, -0.2) is 34.6 Å². The fraction of sp³-hybridized carbons (Fsp3) is 0.417. The van der Waals surface area contributed by atoms with E-state index in [1.807, 2.05) is 26.8 Å². The fourth-order valence-corrected chi connectivity index (χ4v) is 4.59. The van der Waals surface area contributed by atoms with Crippen LogP contribution in [0.4, 0.5) is 4.39 Å². The Morgan fingerprint density at radius 1 is 1.09 bits per heavy atom. The number of benzene rings is 2. The molecule has 4 nitrogen and oxygen atoms in total. The van der Waals surface area contributed by atoms with Gasteiger partial charge in [-0.25, -0.2) is 4.39 Å². The lowest BCUT2D eigenvalue weighted by molar-refractivity contribution is -0.139. The van der Waals surface area contributed by atoms with Crippen molar-refractivity contribution >= 4 is 46.8 Å². The summed E-state index contributed by atoms with van der Waals surface area (Å²) >= 11 is 13.6. The maximum absolute atomic E-state index is 13.3. The third-order valence-corrected chi connectivity index (χ3v) is 6.70. The van der Waals surface area contributed by atoms with Gasteiger partial charge in [0.1, 0.15) is 11.9 Å². The molecule has 8 heteroatoms. The number of nitrogens with one attached hydrogen (secondary N) is 1. The lowest BCUT2D eigenvalue weighted by Crippen LogP contribution is -2.51. The predicted octanol–water partition coefficient (Wildman–Crippen LogP) is 6.09. The number of carbonyl (C=O) groups is 2. The summed E-state index contributed by atoms with van der Waals surface area (Å²) in [7, 11) is 0. The van der Waals surface area contributed by atoms with E-state index in [0.29, 0.717) is 22.2 Å². The molecule has 2 amide bonds. The van der Waals surface area contributed by atoms with Gasteiger partial charge >= 0.3 is 0 Å². The smallest absolute Gasteiger partial charge is 0.243 e. The van der Waals surface area contributed by atoms with Crippen LogP contribution in [0.2, 0.25) is 10.0 Å². The largest absolute Gasteiger partial charge is 0.352 e. The molecular formula is C24H29Cl2FN2O2S. The van der Waals surface area contributed by atoms with E-state index in [0.717, 1.165) is 17.5 Å². The van der Waals surface area contributed by atoms with Crippen molar-refractivity contribution in [3.8, 4) is 0 Å². The van der Waals surface area contributed by atoms with Crippen molar-refractivity contribution in [3.05, 3.63) is 69.5 Å². The van der Waals surface area contributed by atoms with Crippen molar-refractivity contribution in [2.45, 2.75) is 58.0 Å². The van der Waals surface area contributed by atoms with Crippen molar-refractivity contribution in [3.63, 3.8) is 0 Å². The minimum atomic E-state index is -0.610. The molecule has 2 aromatic rings. The van der Waals surface area contributed by atoms with Crippen molar-refractivity contribution in [1.29, 1.82) is 0 Å². The maximum atomic E-state index is 13.3. The Bertz CT molecular complexity index is 911. The van der Waals surface area contributed by atoms with Crippen LogP contribution in [0.25, 0.3) is 0 Å². The predicted molar refractivity (Wildman–Crippen MR) is 132 cm³/mol. The zero-order valence-electron chi connectivity index (χ0n) is 18.5. The number of hydrogen-bond donors (Lipinski definition) is 1. The van der Waals surface area contributed by atoms with Gasteiger partial charge in [-0.1, -0.05) is 55.2 Å². The molecule has 0 aromatic heterocycles. The van der Waals surface area contributed by atoms with E-state index in [9.17, 15) is 14.0 Å². The van der Waals surface area contributed by atoms with E-state index in [2.05, 4.69) is 5.32 Å². The van der Waals surface area contributed by atoms with Crippen LogP contribution in [0.5, 0.6) is 0 Å². The second kappa shape index (κ2) is 13.1. The van der Waals surface area contributed by atoms with Crippen LogP contribution < -0.4 is 5.32 Å². The number of amides is 2. The van der Waals surface area contributed by atoms with Gasteiger partial charge in [0.25, 0.3) is 0 Å². The van der Waals surface area contributed by atoms with Gasteiger partial charge in [0, 0.05) is 28.4 Å². The summed E-state index contributed by atoms with van der Waals surface area (Å²) in [6.45, 7) is 6.04. The second-order valence-corrected chi connectivity index (χ2v) is 9.45. The van der Waals surface area contributed by atoms with E-state index >= 15 is 0 Å². The zero-order chi connectivity index (χ0) is 23.7. The zero-order valence-corrected chi connectivity index (χ0v) is 20.9. The summed E-state index contributed by atoms with van der Waals surface area (Å²) in [5.74, 6) is 0.0529. The normalized spacial score (nSPS) is 12.8. The van der Waals surface area contributed by atoms with Gasteiger partial charge in [-0.3, -0.25) is 9.59 Å². The highest BCUT2D eigenvalue weighted by Gasteiger charge is 2.29. The molecule has 2 aromatic carbocycles. The Kier molecular flexibility index (Phi) is 10.8. The number of halogens is 3. The molecule has 0 unspecified atom stereocenters. The average Bonchev–Trinajstić information content (AvgIpc) is 2.76. The highest BCUT2D eigenvalue weighted by atomic mass is 35.5. The molecule has 0 radical (unpaired) electrons. The van der Waals surface area contributed by atoms with Crippen LogP contribution in [0.15, 0.2) is 42.5 Å². The summed E-state index contributed by atoms with van der Waals surface area (Å²) in [4.78, 5) is 27.7. The van der Waals surface area contributed by atoms with E-state index in [-0.39, 0.29) is 36.0 Å². The first-order chi connectivity index (χ1) is 15.2. The quantitative estimate of drug-likeness (QED) is 0.407. The number of hydrogen-bond acceptors (Lipinski definition) is 3.